The topological polar surface area (TPSA) is 143 Å². The second kappa shape index (κ2) is 9.94. The van der Waals surface area contributed by atoms with Gasteiger partial charge in [-0.05, 0) is 40.9 Å². The molecule has 1 aromatic carbocycles. The summed E-state index contributed by atoms with van der Waals surface area (Å²) in [7, 11) is -2.67. The molecule has 10 nitrogen and oxygen atoms in total. The lowest BCUT2D eigenvalue weighted by Gasteiger charge is -2.35. The van der Waals surface area contributed by atoms with Gasteiger partial charge >= 0.3 is 7.52 Å². The number of aliphatic hydroxyl groups excluding tert-OH is 1. The minimum Gasteiger partial charge on any atom is -0.755 e. The number of allylic oxidation sites excluding steroid dienone is 1. The van der Waals surface area contributed by atoms with Crippen LogP contribution in [0.4, 0.5) is 11.4 Å². The van der Waals surface area contributed by atoms with Gasteiger partial charge in [0.2, 0.25) is 0 Å². The van der Waals surface area contributed by atoms with Crippen molar-refractivity contribution >= 4 is 63.1 Å². The van der Waals surface area contributed by atoms with Crippen LogP contribution in [0.25, 0.3) is 0 Å². The van der Waals surface area contributed by atoms with Gasteiger partial charge in [-0.25, -0.2) is 0 Å². The number of hydrogen-bond donors (Lipinski definition) is 3. The minimum atomic E-state index is -3.88. The summed E-state index contributed by atoms with van der Waals surface area (Å²) in [6, 6.07) is 3.71. The summed E-state index contributed by atoms with van der Waals surface area (Å²) in [6.45, 7) is 9.95. The van der Waals surface area contributed by atoms with E-state index in [0.717, 1.165) is 4.48 Å². The number of carbonyl (C=O) groups excluding carboxylic acids is 1. The van der Waals surface area contributed by atoms with Crippen molar-refractivity contribution in [1.82, 2.24) is 4.90 Å². The highest BCUT2D eigenvalue weighted by Crippen LogP contribution is 2.52. The van der Waals surface area contributed by atoms with Crippen molar-refractivity contribution < 1.29 is 27.8 Å². The molecule has 0 bridgehead atoms. The van der Waals surface area contributed by atoms with E-state index < -0.39 is 36.2 Å². The van der Waals surface area contributed by atoms with Crippen LogP contribution in [-0.2, 0) is 25.1 Å². The Morgan fingerprint density at radius 2 is 2.15 bits per heavy atom. The van der Waals surface area contributed by atoms with E-state index in [9.17, 15) is 23.2 Å². The Morgan fingerprint density at radius 3 is 2.71 bits per heavy atom. The fourth-order valence-electron chi connectivity index (χ4n) is 4.05. The second-order valence-corrected chi connectivity index (χ2v) is 12.9. The van der Waals surface area contributed by atoms with Gasteiger partial charge in [0.15, 0.2) is 5.84 Å². The molecule has 1 amide bonds. The average molecular weight is 574 g/mol. The lowest BCUT2D eigenvalue weighted by molar-refractivity contribution is -0.128. The Balaban J connectivity index is 2.04. The van der Waals surface area contributed by atoms with E-state index in [-0.39, 0.29) is 28.2 Å². The summed E-state index contributed by atoms with van der Waals surface area (Å²) >= 11 is 0.752. The molecule has 3 atom stereocenters. The van der Waals surface area contributed by atoms with E-state index in [2.05, 4.69) is 37.3 Å². The zero-order valence-corrected chi connectivity index (χ0v) is 22.6. The Morgan fingerprint density at radius 1 is 1.47 bits per heavy atom. The summed E-state index contributed by atoms with van der Waals surface area (Å²) in [5.74, 6) is -0.655. The highest BCUT2D eigenvalue weighted by atomic mass is 79.9. The molecule has 34 heavy (non-hydrogen) atoms. The molecule has 2 aliphatic heterocycles. The minimum absolute atomic E-state index is 0.0602. The van der Waals surface area contributed by atoms with E-state index in [1.807, 2.05) is 20.8 Å². The summed E-state index contributed by atoms with van der Waals surface area (Å²) < 4.78 is 48.0. The van der Waals surface area contributed by atoms with Crippen molar-refractivity contribution in [2.45, 2.75) is 39.7 Å². The summed E-state index contributed by atoms with van der Waals surface area (Å²) in [5.41, 5.74) is -0.0501. The monoisotopic (exact) mass is 573 g/mol. The van der Waals surface area contributed by atoms with Gasteiger partial charge < -0.3 is 29.1 Å². The van der Waals surface area contributed by atoms with Crippen molar-refractivity contribution in [1.29, 1.82) is 0 Å². The van der Waals surface area contributed by atoms with Crippen molar-refractivity contribution in [3.8, 4) is 0 Å². The number of nitrogens with one attached hydrogen (secondary N) is 2. The molecule has 0 saturated carbocycles. The van der Waals surface area contributed by atoms with Gasteiger partial charge in [0.1, 0.15) is 11.3 Å². The number of nitrogens with zero attached hydrogens (tertiary/aromatic N) is 2. The van der Waals surface area contributed by atoms with Gasteiger partial charge in [-0.15, -0.1) is 0 Å². The number of aliphatic hydroxyl groups is 1. The molecule has 1 aromatic rings. The summed E-state index contributed by atoms with van der Waals surface area (Å²) in [5, 5.41) is 14.3. The zero-order chi connectivity index (χ0) is 25.4. The summed E-state index contributed by atoms with van der Waals surface area (Å²) in [6.07, 6.45) is 1.30. The molecule has 0 aromatic heterocycles. The van der Waals surface area contributed by atoms with Crippen LogP contribution in [0.1, 0.15) is 33.6 Å². The predicted molar refractivity (Wildman–Crippen MR) is 136 cm³/mol. The van der Waals surface area contributed by atoms with Crippen molar-refractivity contribution in [3.63, 3.8) is 0 Å². The second-order valence-electron chi connectivity index (χ2n) is 8.99. The smallest absolute Gasteiger partial charge is 0.348 e. The van der Waals surface area contributed by atoms with Crippen LogP contribution >= 0.6 is 23.4 Å². The van der Waals surface area contributed by atoms with Crippen LogP contribution in [0, 0.1) is 5.41 Å². The molecule has 0 aliphatic carbocycles. The number of benzene rings is 1. The quantitative estimate of drug-likeness (QED) is 0.315. The number of amidine groups is 1. The van der Waals surface area contributed by atoms with E-state index >= 15 is 0 Å². The predicted octanol–water partition coefficient (Wildman–Crippen LogP) is 3.94. The van der Waals surface area contributed by atoms with Crippen LogP contribution in [0.5, 0.6) is 0 Å². The molecule has 2 heterocycles. The number of amides is 1. The third-order valence-electron chi connectivity index (χ3n) is 5.44. The maximum absolute atomic E-state index is 13.6. The van der Waals surface area contributed by atoms with Gasteiger partial charge in [0.25, 0.3) is 5.91 Å². The fourth-order valence-corrected chi connectivity index (χ4v) is 6.18. The van der Waals surface area contributed by atoms with Crippen LogP contribution in [0.3, 0.4) is 0 Å². The molecule has 2 aliphatic rings. The molecule has 0 fully saturated rings. The third-order valence-corrected chi connectivity index (χ3v) is 8.18. The molecule has 3 unspecified atom stereocenters. The van der Waals surface area contributed by atoms with Gasteiger partial charge in [-0.3, -0.25) is 13.6 Å². The van der Waals surface area contributed by atoms with Crippen molar-refractivity contribution in [2.24, 2.45) is 10.2 Å². The maximum atomic E-state index is 13.6. The number of halogens is 1. The third kappa shape index (κ3) is 5.31. The van der Waals surface area contributed by atoms with Crippen LogP contribution in [0.15, 0.2) is 45.4 Å². The van der Waals surface area contributed by atoms with Crippen LogP contribution < -0.4 is 15.3 Å². The fraction of sp³-hybridized carbons (Fsp3) is 0.429. The first-order valence-electron chi connectivity index (χ1n) is 10.4. The van der Waals surface area contributed by atoms with E-state index in [0.29, 0.717) is 25.1 Å². The first-order chi connectivity index (χ1) is 15.8. The number of hydrogen-bond acceptors (Lipinski definition) is 7. The van der Waals surface area contributed by atoms with Gasteiger partial charge in [-0.1, -0.05) is 43.3 Å². The largest absolute Gasteiger partial charge is 0.755 e. The van der Waals surface area contributed by atoms with E-state index in [1.165, 1.54) is 25.3 Å². The normalized spacial score (nSPS) is 23.4. The maximum Gasteiger partial charge on any atom is 0.348 e. The Labute approximate surface area is 209 Å². The molecule has 0 spiro atoms. The van der Waals surface area contributed by atoms with Gasteiger partial charge in [0.05, 0.1) is 17.0 Å². The van der Waals surface area contributed by atoms with Gasteiger partial charge in [-0.2, -0.15) is 4.76 Å². The molecular weight excluding hydrogens is 547 g/mol. The first kappa shape index (κ1) is 26.6. The Hall–Kier alpha value is -1.98. The van der Waals surface area contributed by atoms with Crippen molar-refractivity contribution in [2.75, 3.05) is 23.7 Å². The standard InChI is InChI=1S/C21H28BrN4O6PS/c1-12(22)7-6-10-26-18(21(2,3)4)17(27)16(20(26)28)19-23-14-9-8-13(25-34(30)31)11-15(14)33(29,24-19)32-5/h8-9,11,18,25,27H,1,6-7,10H2,2-5H3,(H,30,31)(H,23,24,29)/p-1. The molecule has 186 valence electrons. The molecule has 0 radical (unpaired) electrons. The zero-order valence-electron chi connectivity index (χ0n) is 19.3. The lowest BCUT2D eigenvalue weighted by Crippen LogP contribution is -2.44. The first-order valence-corrected chi connectivity index (χ1v) is 13.8. The number of anilines is 2. The highest BCUT2D eigenvalue weighted by molar-refractivity contribution is 9.11. The number of fused-ring (bicyclic) bond motifs is 1. The summed E-state index contributed by atoms with van der Waals surface area (Å²) in [4.78, 5) is 15.1. The van der Waals surface area contributed by atoms with E-state index in [4.69, 9.17) is 4.52 Å². The van der Waals surface area contributed by atoms with Gasteiger partial charge in [0, 0.05) is 30.6 Å². The molecule has 0 saturated heterocycles. The molecule has 13 heteroatoms. The molecular formula is C21H27BrN4O6PS-. The Kier molecular flexibility index (Phi) is 7.79. The highest BCUT2D eigenvalue weighted by Gasteiger charge is 2.48. The molecule has 3 N–H and O–H groups in total. The van der Waals surface area contributed by atoms with Crippen LogP contribution in [0.2, 0.25) is 0 Å². The molecule has 3 rings (SSSR count). The SMILES string of the molecule is C=C(Br)CCCN1C(=O)C(C2=NP(=O)(OC)c3cc(NS(=O)[O-])ccc3N2)=C(O)C1C(C)(C)C. The lowest BCUT2D eigenvalue weighted by atomic mass is 9.85. The van der Waals surface area contributed by atoms with E-state index in [1.54, 1.807) is 4.90 Å². The number of rotatable bonds is 8. The van der Waals surface area contributed by atoms with Crippen molar-refractivity contribution in [3.05, 3.63) is 40.6 Å². The average Bonchev–Trinajstić information content (AvgIpc) is 2.97. The van der Waals surface area contributed by atoms with Crippen LogP contribution in [-0.4, -0.2) is 50.2 Å². The Bertz CT molecular complexity index is 1160. The number of carbonyl (C=O) groups is 1.